The number of rotatable bonds is 3. The van der Waals surface area contributed by atoms with Gasteiger partial charge in [0.05, 0.1) is 12.0 Å². The average Bonchev–Trinajstić information content (AvgIpc) is 2.10. The highest BCUT2D eigenvalue weighted by Gasteiger charge is 2.22. The number of aliphatic carboxylic acids is 1. The molecular weight excluding hydrogens is 215 g/mol. The molecule has 7 heteroatoms. The minimum Gasteiger partial charge on any atom is -0.481 e. The first-order valence-electron chi connectivity index (χ1n) is 3.83. The molecule has 0 saturated carbocycles. The first-order chi connectivity index (χ1) is 6.93. The Morgan fingerprint density at radius 3 is 2.60 bits per heavy atom. The van der Waals surface area contributed by atoms with Crippen LogP contribution in [0, 0.1) is 5.82 Å². The zero-order valence-corrected chi connectivity index (χ0v) is 7.26. The Morgan fingerprint density at radius 2 is 2.13 bits per heavy atom. The van der Waals surface area contributed by atoms with Crippen LogP contribution in [0.4, 0.5) is 13.2 Å². The van der Waals surface area contributed by atoms with Crippen LogP contribution in [0.25, 0.3) is 0 Å². The van der Waals surface area contributed by atoms with Gasteiger partial charge in [-0.25, -0.2) is 13.2 Å². The number of pyridine rings is 1. The third kappa shape index (κ3) is 2.36. The number of alkyl halides is 2. The highest BCUT2D eigenvalue weighted by molar-refractivity contribution is 5.70. The summed E-state index contributed by atoms with van der Waals surface area (Å²) in [5.74, 6) is -3.02. The zero-order valence-electron chi connectivity index (χ0n) is 7.26. The molecule has 82 valence electrons. The lowest BCUT2D eigenvalue weighted by Crippen LogP contribution is -2.17. The fourth-order valence-corrected chi connectivity index (χ4v) is 1.10. The second kappa shape index (κ2) is 4.16. The molecule has 15 heavy (non-hydrogen) atoms. The second-order valence-corrected chi connectivity index (χ2v) is 2.74. The molecule has 4 nitrogen and oxygen atoms in total. The molecule has 1 heterocycles. The molecule has 0 aliphatic rings. The molecule has 0 unspecified atom stereocenters. The molecule has 0 amide bonds. The quantitative estimate of drug-likeness (QED) is 0.802. The van der Waals surface area contributed by atoms with Crippen LogP contribution in [0.3, 0.4) is 0 Å². The van der Waals surface area contributed by atoms with E-state index in [4.69, 9.17) is 5.11 Å². The third-order valence-corrected chi connectivity index (χ3v) is 1.72. The number of carbonyl (C=O) groups is 1. The van der Waals surface area contributed by atoms with E-state index in [-0.39, 0.29) is 0 Å². The highest BCUT2D eigenvalue weighted by atomic mass is 19.3. The predicted octanol–water partition coefficient (Wildman–Crippen LogP) is 1.08. The Balaban J connectivity index is 3.33. The Morgan fingerprint density at radius 1 is 1.53 bits per heavy atom. The van der Waals surface area contributed by atoms with Crippen molar-refractivity contribution in [2.75, 3.05) is 0 Å². The van der Waals surface area contributed by atoms with E-state index in [1.807, 2.05) is 4.98 Å². The van der Waals surface area contributed by atoms with Gasteiger partial charge in [0.15, 0.2) is 5.82 Å². The van der Waals surface area contributed by atoms with E-state index in [2.05, 4.69) is 0 Å². The van der Waals surface area contributed by atoms with Gasteiger partial charge in [-0.15, -0.1) is 0 Å². The number of H-pyrrole nitrogens is 1. The summed E-state index contributed by atoms with van der Waals surface area (Å²) in [7, 11) is 0. The Bertz CT molecular complexity index is 441. The lowest BCUT2D eigenvalue weighted by Gasteiger charge is -2.06. The second-order valence-electron chi connectivity index (χ2n) is 2.74. The molecule has 1 aromatic rings. The summed E-state index contributed by atoms with van der Waals surface area (Å²) < 4.78 is 37.6. The molecule has 0 aliphatic heterocycles. The lowest BCUT2D eigenvalue weighted by molar-refractivity contribution is -0.136. The topological polar surface area (TPSA) is 70.2 Å². The highest BCUT2D eigenvalue weighted by Crippen LogP contribution is 2.23. The number of nitrogens with one attached hydrogen (secondary N) is 1. The van der Waals surface area contributed by atoms with Crippen molar-refractivity contribution in [2.24, 2.45) is 0 Å². The van der Waals surface area contributed by atoms with Crippen molar-refractivity contribution in [2.45, 2.75) is 12.8 Å². The predicted molar refractivity (Wildman–Crippen MR) is 43.3 cm³/mol. The monoisotopic (exact) mass is 221 g/mol. The number of halogens is 3. The lowest BCUT2D eigenvalue weighted by atomic mass is 10.1. The van der Waals surface area contributed by atoms with Crippen LogP contribution >= 0.6 is 0 Å². The molecule has 0 aromatic carbocycles. The number of carboxylic acids is 1. The number of aromatic amines is 1. The molecule has 0 saturated heterocycles. The smallest absolute Gasteiger partial charge is 0.307 e. The van der Waals surface area contributed by atoms with Gasteiger partial charge in [-0.05, 0) is 5.56 Å². The number of hydrogen-bond donors (Lipinski definition) is 2. The van der Waals surface area contributed by atoms with Crippen molar-refractivity contribution in [3.05, 3.63) is 33.5 Å². The van der Waals surface area contributed by atoms with Gasteiger partial charge >= 0.3 is 5.97 Å². The molecule has 0 radical (unpaired) electrons. The molecule has 0 spiro atoms. The minimum atomic E-state index is -3.22. The van der Waals surface area contributed by atoms with E-state index in [0.717, 1.165) is 6.20 Å². The summed E-state index contributed by atoms with van der Waals surface area (Å²) in [6.45, 7) is 0. The van der Waals surface area contributed by atoms with E-state index in [9.17, 15) is 22.8 Å². The average molecular weight is 221 g/mol. The van der Waals surface area contributed by atoms with Crippen molar-refractivity contribution in [3.63, 3.8) is 0 Å². The summed E-state index contributed by atoms with van der Waals surface area (Å²) in [5, 5.41) is 8.37. The first-order valence-corrected chi connectivity index (χ1v) is 3.83. The van der Waals surface area contributed by atoms with Crippen LogP contribution in [0.5, 0.6) is 0 Å². The van der Waals surface area contributed by atoms with E-state index < -0.39 is 41.3 Å². The SMILES string of the molecule is O=C(O)Cc1c[nH]c(=O)c(F)c1C(F)F. The molecule has 2 N–H and O–H groups in total. The van der Waals surface area contributed by atoms with Gasteiger partial charge in [0.2, 0.25) is 0 Å². The fourth-order valence-electron chi connectivity index (χ4n) is 1.10. The zero-order chi connectivity index (χ0) is 11.6. The summed E-state index contributed by atoms with van der Waals surface area (Å²) >= 11 is 0. The molecule has 0 atom stereocenters. The van der Waals surface area contributed by atoms with Crippen LogP contribution in [0.2, 0.25) is 0 Å². The standard InChI is InChI=1S/C8H6F3NO3/c9-6-5(7(10)11)3(1-4(13)14)2-12-8(6)15/h2,7H,1H2,(H,12,15)(H,13,14). The van der Waals surface area contributed by atoms with Gasteiger partial charge < -0.3 is 10.1 Å². The summed E-state index contributed by atoms with van der Waals surface area (Å²) in [6, 6.07) is 0. The van der Waals surface area contributed by atoms with Crippen LogP contribution in [0.1, 0.15) is 17.6 Å². The Kier molecular flexibility index (Phi) is 3.13. The van der Waals surface area contributed by atoms with E-state index in [0.29, 0.717) is 0 Å². The number of carboxylic acid groups (broad SMARTS) is 1. The summed E-state index contributed by atoms with van der Waals surface area (Å²) in [5.41, 5.74) is -2.88. The van der Waals surface area contributed by atoms with Crippen LogP contribution in [-0.2, 0) is 11.2 Å². The molecule has 1 rings (SSSR count). The van der Waals surface area contributed by atoms with Gasteiger partial charge in [-0.3, -0.25) is 9.59 Å². The fraction of sp³-hybridized carbons (Fsp3) is 0.250. The Labute approximate surface area is 81.4 Å². The van der Waals surface area contributed by atoms with Crippen LogP contribution in [-0.4, -0.2) is 16.1 Å². The molecule has 0 aliphatic carbocycles. The van der Waals surface area contributed by atoms with Gasteiger partial charge in [0.25, 0.3) is 12.0 Å². The van der Waals surface area contributed by atoms with Gasteiger partial charge in [-0.2, -0.15) is 0 Å². The Hall–Kier alpha value is -1.79. The van der Waals surface area contributed by atoms with Gasteiger partial charge in [0, 0.05) is 6.20 Å². The maximum Gasteiger partial charge on any atom is 0.307 e. The number of hydrogen-bond acceptors (Lipinski definition) is 2. The minimum absolute atomic E-state index is 0.436. The van der Waals surface area contributed by atoms with Crippen molar-refractivity contribution in [3.8, 4) is 0 Å². The van der Waals surface area contributed by atoms with Crippen molar-refractivity contribution >= 4 is 5.97 Å². The van der Waals surface area contributed by atoms with E-state index >= 15 is 0 Å². The molecule has 0 bridgehead atoms. The van der Waals surface area contributed by atoms with Gasteiger partial charge in [-0.1, -0.05) is 0 Å². The normalized spacial score (nSPS) is 10.7. The third-order valence-electron chi connectivity index (χ3n) is 1.72. The van der Waals surface area contributed by atoms with Crippen molar-refractivity contribution in [1.82, 2.24) is 4.98 Å². The maximum absolute atomic E-state index is 12.9. The number of aromatic nitrogens is 1. The maximum atomic E-state index is 12.9. The summed E-state index contributed by atoms with van der Waals surface area (Å²) in [6.07, 6.45) is -3.21. The van der Waals surface area contributed by atoms with Crippen molar-refractivity contribution in [1.29, 1.82) is 0 Å². The van der Waals surface area contributed by atoms with Crippen molar-refractivity contribution < 1.29 is 23.1 Å². The van der Waals surface area contributed by atoms with Gasteiger partial charge in [0.1, 0.15) is 0 Å². The van der Waals surface area contributed by atoms with E-state index in [1.165, 1.54) is 0 Å². The van der Waals surface area contributed by atoms with E-state index in [1.54, 1.807) is 0 Å². The molecular formula is C8H6F3NO3. The van der Waals surface area contributed by atoms with Crippen LogP contribution < -0.4 is 5.56 Å². The molecule has 1 aromatic heterocycles. The largest absolute Gasteiger partial charge is 0.481 e. The first kappa shape index (κ1) is 11.3. The summed E-state index contributed by atoms with van der Waals surface area (Å²) in [4.78, 5) is 22.8. The van der Waals surface area contributed by atoms with Crippen LogP contribution in [0.15, 0.2) is 11.0 Å². The molecule has 0 fully saturated rings.